The number of benzene rings is 1. The maximum absolute atomic E-state index is 12.9. The van der Waals surface area contributed by atoms with E-state index < -0.39 is 11.9 Å². The molecule has 0 spiro atoms. The standard InChI is InChI=1S/C24H26N4O6S/c1-6-33-24(30)21-14(3)26-23(35-12-20(29)27-19-9-13(2)34-28-19)16(11-25)22(21)15-7-8-17(31-4)18(10-15)32-5/h7-10,22,26H,6,12H2,1-5H3,(H,27,28,29). The number of allylic oxidation sites excluding steroid dienone is 2. The average molecular weight is 499 g/mol. The summed E-state index contributed by atoms with van der Waals surface area (Å²) >= 11 is 1.14. The number of hydrogen-bond donors (Lipinski definition) is 2. The molecule has 0 saturated carbocycles. The third kappa shape index (κ3) is 5.78. The lowest BCUT2D eigenvalue weighted by Gasteiger charge is -2.29. The summed E-state index contributed by atoms with van der Waals surface area (Å²) in [6, 6.07) is 9.02. The van der Waals surface area contributed by atoms with Crippen molar-refractivity contribution >= 4 is 29.5 Å². The minimum atomic E-state index is -0.733. The summed E-state index contributed by atoms with van der Waals surface area (Å²) in [4.78, 5) is 25.4. The van der Waals surface area contributed by atoms with Crippen LogP contribution in [0.5, 0.6) is 11.5 Å². The zero-order valence-corrected chi connectivity index (χ0v) is 20.9. The van der Waals surface area contributed by atoms with Gasteiger partial charge in [0.15, 0.2) is 17.3 Å². The summed E-state index contributed by atoms with van der Waals surface area (Å²) in [5.41, 5.74) is 1.75. The highest BCUT2D eigenvalue weighted by molar-refractivity contribution is 8.03. The number of anilines is 1. The largest absolute Gasteiger partial charge is 0.493 e. The summed E-state index contributed by atoms with van der Waals surface area (Å²) in [6.45, 7) is 5.35. The van der Waals surface area contributed by atoms with E-state index >= 15 is 0 Å². The number of methoxy groups -OCH3 is 2. The van der Waals surface area contributed by atoms with Crippen LogP contribution in [0.25, 0.3) is 0 Å². The Bertz CT molecular complexity index is 1230. The molecule has 0 aliphatic carbocycles. The number of ether oxygens (including phenoxy) is 3. The van der Waals surface area contributed by atoms with E-state index in [9.17, 15) is 14.9 Å². The molecule has 1 unspecified atom stereocenters. The number of aromatic nitrogens is 1. The zero-order chi connectivity index (χ0) is 25.5. The lowest BCUT2D eigenvalue weighted by Crippen LogP contribution is -2.29. The monoisotopic (exact) mass is 498 g/mol. The summed E-state index contributed by atoms with van der Waals surface area (Å²) in [6.07, 6.45) is 0. The molecule has 1 aliphatic heterocycles. The van der Waals surface area contributed by atoms with Crippen molar-refractivity contribution < 1.29 is 28.3 Å². The Morgan fingerprint density at radius 1 is 1.23 bits per heavy atom. The molecule has 1 atom stereocenters. The van der Waals surface area contributed by atoms with Gasteiger partial charge in [0, 0.05) is 11.8 Å². The zero-order valence-electron chi connectivity index (χ0n) is 20.1. The molecule has 3 rings (SSSR count). The Hall–Kier alpha value is -3.91. The molecule has 1 aliphatic rings. The minimum Gasteiger partial charge on any atom is -0.493 e. The number of dihydropyridines is 1. The fraction of sp³-hybridized carbons (Fsp3) is 0.333. The molecule has 2 aromatic rings. The summed E-state index contributed by atoms with van der Waals surface area (Å²) in [5, 5.41) is 20.1. The highest BCUT2D eigenvalue weighted by Crippen LogP contribution is 2.43. The molecule has 0 saturated heterocycles. The maximum atomic E-state index is 12.9. The van der Waals surface area contributed by atoms with Gasteiger partial charge in [0.05, 0.1) is 54.7 Å². The van der Waals surface area contributed by atoms with Gasteiger partial charge in [-0.3, -0.25) is 4.79 Å². The summed E-state index contributed by atoms with van der Waals surface area (Å²) < 4.78 is 21.0. The van der Waals surface area contributed by atoms with E-state index in [0.717, 1.165) is 11.8 Å². The molecule has 0 fully saturated rings. The minimum absolute atomic E-state index is 0.0000936. The first-order valence-electron chi connectivity index (χ1n) is 10.7. The Morgan fingerprint density at radius 3 is 2.57 bits per heavy atom. The number of hydrogen-bond acceptors (Lipinski definition) is 10. The lowest BCUT2D eigenvalue weighted by molar-refractivity contribution is -0.138. The van der Waals surface area contributed by atoms with E-state index in [1.165, 1.54) is 14.2 Å². The Balaban J connectivity index is 1.97. The molecule has 0 bridgehead atoms. The van der Waals surface area contributed by atoms with Crippen LogP contribution in [-0.2, 0) is 14.3 Å². The van der Waals surface area contributed by atoms with E-state index in [2.05, 4.69) is 21.9 Å². The van der Waals surface area contributed by atoms with E-state index in [1.807, 2.05) is 0 Å². The van der Waals surface area contributed by atoms with Crippen LogP contribution in [0, 0.1) is 18.3 Å². The number of carbonyl (C=O) groups excluding carboxylic acids is 2. The Morgan fingerprint density at radius 2 is 1.97 bits per heavy atom. The van der Waals surface area contributed by atoms with Crippen LogP contribution in [0.4, 0.5) is 5.82 Å². The number of amides is 1. The topological polar surface area (TPSA) is 136 Å². The highest BCUT2D eigenvalue weighted by Gasteiger charge is 2.36. The van der Waals surface area contributed by atoms with Gasteiger partial charge in [-0.2, -0.15) is 5.26 Å². The van der Waals surface area contributed by atoms with Crippen LogP contribution in [0.3, 0.4) is 0 Å². The molecule has 2 N–H and O–H groups in total. The number of thioether (sulfide) groups is 1. The third-order valence-electron chi connectivity index (χ3n) is 5.13. The van der Waals surface area contributed by atoms with Crippen molar-refractivity contribution in [3.05, 3.63) is 57.5 Å². The van der Waals surface area contributed by atoms with E-state index in [-0.39, 0.29) is 23.8 Å². The number of nitrogens with zero attached hydrogens (tertiary/aromatic N) is 2. The van der Waals surface area contributed by atoms with Crippen molar-refractivity contribution in [2.45, 2.75) is 26.7 Å². The number of nitriles is 1. The summed E-state index contributed by atoms with van der Waals surface area (Å²) in [5.74, 6) is 0.260. The van der Waals surface area contributed by atoms with Crippen molar-refractivity contribution in [1.82, 2.24) is 10.5 Å². The molecule has 184 valence electrons. The number of esters is 1. The van der Waals surface area contributed by atoms with Gasteiger partial charge >= 0.3 is 5.97 Å². The van der Waals surface area contributed by atoms with Crippen molar-refractivity contribution in [1.29, 1.82) is 5.26 Å². The fourth-order valence-electron chi connectivity index (χ4n) is 3.61. The first-order valence-corrected chi connectivity index (χ1v) is 11.7. The van der Waals surface area contributed by atoms with Gasteiger partial charge in [-0.25, -0.2) is 4.79 Å². The average Bonchev–Trinajstić information content (AvgIpc) is 3.25. The SMILES string of the molecule is CCOC(=O)C1=C(C)NC(SCC(=O)Nc2cc(C)on2)=C(C#N)C1c1ccc(OC)c(OC)c1. The predicted octanol–water partition coefficient (Wildman–Crippen LogP) is 3.63. The predicted molar refractivity (Wildman–Crippen MR) is 130 cm³/mol. The van der Waals surface area contributed by atoms with Crippen molar-refractivity contribution in [3.63, 3.8) is 0 Å². The van der Waals surface area contributed by atoms with Gasteiger partial charge in [0.2, 0.25) is 5.91 Å². The second-order valence-corrected chi connectivity index (χ2v) is 8.43. The van der Waals surface area contributed by atoms with Gasteiger partial charge in [0.1, 0.15) is 5.76 Å². The van der Waals surface area contributed by atoms with Crippen molar-refractivity contribution in [3.8, 4) is 17.6 Å². The van der Waals surface area contributed by atoms with Crippen molar-refractivity contribution in [2.75, 3.05) is 31.9 Å². The second-order valence-electron chi connectivity index (χ2n) is 7.45. The van der Waals surface area contributed by atoms with Gasteiger partial charge in [-0.05, 0) is 38.5 Å². The molecule has 2 heterocycles. The Labute approximate surface area is 207 Å². The lowest BCUT2D eigenvalue weighted by atomic mass is 9.82. The molecule has 11 heteroatoms. The molecule has 1 aromatic carbocycles. The van der Waals surface area contributed by atoms with Gasteiger partial charge in [-0.1, -0.05) is 23.0 Å². The van der Waals surface area contributed by atoms with Crippen LogP contribution >= 0.6 is 11.8 Å². The first-order chi connectivity index (χ1) is 16.8. The molecule has 10 nitrogen and oxygen atoms in total. The normalized spacial score (nSPS) is 15.3. The number of nitrogens with one attached hydrogen (secondary N) is 2. The van der Waals surface area contributed by atoms with Crippen LogP contribution in [0.1, 0.15) is 31.1 Å². The van der Waals surface area contributed by atoms with Gasteiger partial charge in [0.25, 0.3) is 0 Å². The molecule has 1 aromatic heterocycles. The van der Waals surface area contributed by atoms with Gasteiger partial charge in [-0.15, -0.1) is 0 Å². The maximum Gasteiger partial charge on any atom is 0.336 e. The quantitative estimate of drug-likeness (QED) is 0.493. The molecule has 1 amide bonds. The number of carbonyl (C=O) groups is 2. The smallest absolute Gasteiger partial charge is 0.336 e. The first kappa shape index (κ1) is 25.7. The van der Waals surface area contributed by atoms with Crippen LogP contribution < -0.4 is 20.1 Å². The van der Waals surface area contributed by atoms with Gasteiger partial charge < -0.3 is 29.4 Å². The fourth-order valence-corrected chi connectivity index (χ4v) is 4.51. The highest BCUT2D eigenvalue weighted by atomic mass is 32.2. The molecular formula is C24H26N4O6S. The summed E-state index contributed by atoms with van der Waals surface area (Å²) in [7, 11) is 3.03. The van der Waals surface area contributed by atoms with E-state index in [4.69, 9.17) is 18.7 Å². The van der Waals surface area contributed by atoms with E-state index in [0.29, 0.717) is 44.9 Å². The molecule has 35 heavy (non-hydrogen) atoms. The van der Waals surface area contributed by atoms with Crippen molar-refractivity contribution in [2.24, 2.45) is 0 Å². The Kier molecular flexibility index (Phi) is 8.43. The molecule has 0 radical (unpaired) electrons. The number of rotatable bonds is 9. The van der Waals surface area contributed by atoms with E-state index in [1.54, 1.807) is 45.0 Å². The third-order valence-corrected chi connectivity index (χ3v) is 6.14. The molecular weight excluding hydrogens is 472 g/mol. The van der Waals surface area contributed by atoms with Crippen LogP contribution in [0.15, 0.2) is 50.7 Å². The van der Waals surface area contributed by atoms with Crippen LogP contribution in [-0.4, -0.2) is 43.6 Å². The number of aryl methyl sites for hydroxylation is 1. The second kappa shape index (κ2) is 11.5. The van der Waals surface area contributed by atoms with Crippen LogP contribution in [0.2, 0.25) is 0 Å².